The number of thioether (sulfide) groups is 1. The van der Waals surface area contributed by atoms with Crippen LogP contribution < -0.4 is 10.2 Å². The summed E-state index contributed by atoms with van der Waals surface area (Å²) in [5.74, 6) is -0.380. The number of Topliss-reactive ketones (excluding diaryl/α,β-unsaturated/α-hetero) is 1. The van der Waals surface area contributed by atoms with Crippen molar-refractivity contribution >= 4 is 63.7 Å². The van der Waals surface area contributed by atoms with Gasteiger partial charge in [-0.05, 0) is 52.7 Å². The highest BCUT2D eigenvalue weighted by Gasteiger charge is 2.36. The second kappa shape index (κ2) is 12.1. The molecule has 0 bridgehead atoms. The van der Waals surface area contributed by atoms with E-state index in [1.807, 2.05) is 22.9 Å². The molecule has 2 aliphatic heterocycles. The van der Waals surface area contributed by atoms with E-state index >= 15 is 0 Å². The Morgan fingerprint density at radius 3 is 2.47 bits per heavy atom. The Balaban J connectivity index is 0.000000192. The van der Waals surface area contributed by atoms with Crippen molar-refractivity contribution in [1.82, 2.24) is 5.32 Å². The summed E-state index contributed by atoms with van der Waals surface area (Å²) < 4.78 is 5.28. The van der Waals surface area contributed by atoms with Gasteiger partial charge in [0.1, 0.15) is 5.25 Å². The molecule has 5 nitrogen and oxygen atoms in total. The molecule has 2 atom stereocenters. The molecule has 2 aliphatic rings. The van der Waals surface area contributed by atoms with Gasteiger partial charge in [0.2, 0.25) is 5.91 Å². The molecule has 0 saturated carbocycles. The van der Waals surface area contributed by atoms with Gasteiger partial charge in [0.05, 0.1) is 24.3 Å². The third-order valence-electron chi connectivity index (χ3n) is 5.47. The number of thiophene rings is 1. The summed E-state index contributed by atoms with van der Waals surface area (Å²) in [6.45, 7) is 3.75. The van der Waals surface area contributed by atoms with Gasteiger partial charge in [0.15, 0.2) is 5.78 Å². The van der Waals surface area contributed by atoms with Gasteiger partial charge in [-0.15, -0.1) is 11.8 Å². The lowest BCUT2D eigenvalue weighted by Crippen LogP contribution is -2.46. The minimum atomic E-state index is -0.786. The molecule has 0 radical (unpaired) electrons. The highest BCUT2D eigenvalue weighted by atomic mass is 35.5. The normalized spacial score (nSPS) is 20.4. The maximum absolute atomic E-state index is 12.4. The van der Waals surface area contributed by atoms with Gasteiger partial charge in [0.25, 0.3) is 0 Å². The number of rotatable bonds is 4. The molecule has 34 heavy (non-hydrogen) atoms. The second-order valence-electron chi connectivity index (χ2n) is 7.80. The molecule has 0 aliphatic carbocycles. The van der Waals surface area contributed by atoms with Crippen LogP contribution in [0.5, 0.6) is 0 Å². The Bertz CT molecular complexity index is 1090. The Morgan fingerprint density at radius 1 is 1.03 bits per heavy atom. The number of hydrogen-bond donors (Lipinski definition) is 1. The fourth-order valence-electron chi connectivity index (χ4n) is 3.70. The summed E-state index contributed by atoms with van der Waals surface area (Å²) in [6.07, 6.45) is 0.290. The van der Waals surface area contributed by atoms with Crippen molar-refractivity contribution in [2.75, 3.05) is 31.2 Å². The summed E-state index contributed by atoms with van der Waals surface area (Å²) in [5.41, 5.74) is 2.27. The quantitative estimate of drug-likeness (QED) is 0.424. The lowest BCUT2D eigenvalue weighted by Gasteiger charge is -2.28. The minimum Gasteiger partial charge on any atom is -0.378 e. The van der Waals surface area contributed by atoms with Gasteiger partial charge in [0, 0.05) is 35.1 Å². The SMILES string of the molecule is O=C1CC(c2ccsc2)NC(=O)C1Sc1cc(Cl)ccc1Cl.c1ccc(N2CCOCC2)cc1. The first-order chi connectivity index (χ1) is 16.5. The monoisotopic (exact) mass is 534 g/mol. The van der Waals surface area contributed by atoms with E-state index in [0.29, 0.717) is 21.4 Å². The Labute approximate surface area is 217 Å². The first kappa shape index (κ1) is 25.1. The lowest BCUT2D eigenvalue weighted by molar-refractivity contribution is -0.131. The van der Waals surface area contributed by atoms with Crippen LogP contribution in [0.3, 0.4) is 0 Å². The van der Waals surface area contributed by atoms with Crippen LogP contribution in [0.2, 0.25) is 10.0 Å². The number of nitrogens with zero attached hydrogens (tertiary/aromatic N) is 1. The van der Waals surface area contributed by atoms with E-state index < -0.39 is 5.25 Å². The van der Waals surface area contributed by atoms with Crippen LogP contribution in [-0.2, 0) is 14.3 Å². The Morgan fingerprint density at radius 2 is 1.79 bits per heavy atom. The van der Waals surface area contributed by atoms with E-state index in [2.05, 4.69) is 34.5 Å². The van der Waals surface area contributed by atoms with Crippen LogP contribution in [0.15, 0.2) is 70.3 Å². The van der Waals surface area contributed by atoms with Crippen LogP contribution in [0.4, 0.5) is 5.69 Å². The largest absolute Gasteiger partial charge is 0.378 e. The number of morpholine rings is 1. The minimum absolute atomic E-state index is 0.0963. The molecule has 3 heterocycles. The molecule has 2 saturated heterocycles. The second-order valence-corrected chi connectivity index (χ2v) is 10.6. The van der Waals surface area contributed by atoms with Gasteiger partial charge in [-0.25, -0.2) is 0 Å². The topological polar surface area (TPSA) is 58.6 Å². The van der Waals surface area contributed by atoms with Gasteiger partial charge in [-0.2, -0.15) is 11.3 Å². The number of amides is 1. The van der Waals surface area contributed by atoms with Crippen LogP contribution in [-0.4, -0.2) is 43.2 Å². The van der Waals surface area contributed by atoms with Crippen molar-refractivity contribution in [3.63, 3.8) is 0 Å². The summed E-state index contributed by atoms with van der Waals surface area (Å²) >= 11 is 14.7. The van der Waals surface area contributed by atoms with Crippen molar-refractivity contribution in [2.45, 2.75) is 22.6 Å². The summed E-state index contributed by atoms with van der Waals surface area (Å²) in [7, 11) is 0. The molecule has 2 unspecified atom stereocenters. The van der Waals surface area contributed by atoms with E-state index in [1.165, 1.54) is 5.69 Å². The zero-order valence-corrected chi connectivity index (χ0v) is 21.4. The molecule has 3 aromatic rings. The highest BCUT2D eigenvalue weighted by molar-refractivity contribution is 8.01. The summed E-state index contributed by atoms with van der Waals surface area (Å²) in [6, 6.07) is 17.2. The fourth-order valence-corrected chi connectivity index (χ4v) is 5.94. The number of halogens is 2. The number of para-hydroxylation sites is 1. The van der Waals surface area contributed by atoms with E-state index in [1.54, 1.807) is 29.5 Å². The average Bonchev–Trinajstić information content (AvgIpc) is 3.40. The molecule has 9 heteroatoms. The molecule has 2 aromatic carbocycles. The van der Waals surface area contributed by atoms with Crippen molar-refractivity contribution < 1.29 is 14.3 Å². The van der Waals surface area contributed by atoms with Crippen LogP contribution in [0, 0.1) is 0 Å². The maximum atomic E-state index is 12.4. The van der Waals surface area contributed by atoms with Gasteiger partial charge >= 0.3 is 0 Å². The third-order valence-corrected chi connectivity index (χ3v) is 8.15. The molecular formula is C25H24Cl2N2O3S2. The van der Waals surface area contributed by atoms with Crippen LogP contribution in [0.1, 0.15) is 18.0 Å². The summed E-state index contributed by atoms with van der Waals surface area (Å²) in [5, 5.41) is 6.99. The number of hydrogen-bond acceptors (Lipinski definition) is 6. The lowest BCUT2D eigenvalue weighted by atomic mass is 9.98. The molecule has 5 rings (SSSR count). The smallest absolute Gasteiger partial charge is 0.241 e. The predicted molar refractivity (Wildman–Crippen MR) is 140 cm³/mol. The predicted octanol–water partition coefficient (Wildman–Crippen LogP) is 5.87. The van der Waals surface area contributed by atoms with Crippen LogP contribution in [0.25, 0.3) is 0 Å². The van der Waals surface area contributed by atoms with E-state index in [9.17, 15) is 9.59 Å². The number of ether oxygens (including phenoxy) is 1. The van der Waals surface area contributed by atoms with Crippen molar-refractivity contribution in [3.05, 3.63) is 81.0 Å². The van der Waals surface area contributed by atoms with Crippen molar-refractivity contribution in [3.8, 4) is 0 Å². The third kappa shape index (κ3) is 6.55. The van der Waals surface area contributed by atoms with E-state index in [4.69, 9.17) is 27.9 Å². The fraction of sp³-hybridized carbons (Fsp3) is 0.280. The first-order valence-electron chi connectivity index (χ1n) is 10.9. The maximum Gasteiger partial charge on any atom is 0.241 e. The van der Waals surface area contributed by atoms with Gasteiger partial charge < -0.3 is 15.0 Å². The molecular weight excluding hydrogens is 511 g/mol. The summed E-state index contributed by atoms with van der Waals surface area (Å²) in [4.78, 5) is 27.6. The number of ketones is 1. The van der Waals surface area contributed by atoms with Crippen molar-refractivity contribution in [1.29, 1.82) is 0 Å². The molecule has 0 spiro atoms. The standard InChI is InChI=1S/C15H11Cl2NO2S2.C10H13NO/c16-9-1-2-10(17)13(5-9)22-14-12(19)6-11(18-15(14)20)8-3-4-21-7-8;1-2-4-10(5-3-1)11-6-8-12-9-7-11/h1-5,7,11,14H,6H2,(H,18,20);1-5H,6-9H2. The Hall–Kier alpha value is -2.03. The van der Waals surface area contributed by atoms with Crippen LogP contribution >= 0.6 is 46.3 Å². The molecule has 178 valence electrons. The zero-order valence-electron chi connectivity index (χ0n) is 18.3. The van der Waals surface area contributed by atoms with E-state index in [-0.39, 0.29) is 17.7 Å². The van der Waals surface area contributed by atoms with Gasteiger partial charge in [-0.1, -0.05) is 41.4 Å². The number of carbonyl (C=O) groups excluding carboxylic acids is 2. The Kier molecular flexibility index (Phi) is 8.92. The number of carbonyl (C=O) groups is 2. The molecule has 2 fully saturated rings. The highest BCUT2D eigenvalue weighted by Crippen LogP contribution is 2.36. The van der Waals surface area contributed by atoms with Crippen molar-refractivity contribution in [2.24, 2.45) is 0 Å². The first-order valence-corrected chi connectivity index (χ1v) is 13.4. The number of anilines is 1. The zero-order chi connectivity index (χ0) is 23.9. The molecule has 1 aromatic heterocycles. The molecule has 1 N–H and O–H groups in total. The van der Waals surface area contributed by atoms with Gasteiger partial charge in [-0.3, -0.25) is 9.59 Å². The number of benzene rings is 2. The average molecular weight is 536 g/mol. The number of nitrogens with one attached hydrogen (secondary N) is 1. The molecule has 1 amide bonds. The number of piperidine rings is 1. The van der Waals surface area contributed by atoms with E-state index in [0.717, 1.165) is 43.6 Å².